The second kappa shape index (κ2) is 5.23. The first-order valence-corrected chi connectivity index (χ1v) is 7.90. The third-order valence-electron chi connectivity index (χ3n) is 3.85. The molecular weight excluding hydrogens is 264 g/mol. The van der Waals surface area contributed by atoms with Crippen LogP contribution in [0.5, 0.6) is 0 Å². The van der Waals surface area contributed by atoms with Crippen molar-refractivity contribution in [3.63, 3.8) is 0 Å². The van der Waals surface area contributed by atoms with E-state index in [9.17, 15) is 13.5 Å². The highest BCUT2D eigenvalue weighted by Crippen LogP contribution is 2.35. The third-order valence-corrected chi connectivity index (χ3v) is 5.14. The molecule has 1 N–H and O–H groups in total. The number of hydrogen-bond acceptors (Lipinski definition) is 4. The lowest BCUT2D eigenvalue weighted by atomic mass is 9.94. The van der Waals surface area contributed by atoms with Crippen LogP contribution in [0.2, 0.25) is 0 Å². The number of aryl methyl sites for hydroxylation is 1. The molecule has 0 saturated heterocycles. The molecule has 0 radical (unpaired) electrons. The second-order valence-corrected chi connectivity index (χ2v) is 7.11. The summed E-state index contributed by atoms with van der Waals surface area (Å²) in [6.07, 6.45) is 2.41. The van der Waals surface area contributed by atoms with Crippen molar-refractivity contribution in [2.24, 2.45) is 5.92 Å². The van der Waals surface area contributed by atoms with Gasteiger partial charge < -0.3 is 5.11 Å². The van der Waals surface area contributed by atoms with Gasteiger partial charge in [-0.25, -0.2) is 0 Å². The van der Waals surface area contributed by atoms with Crippen molar-refractivity contribution in [2.45, 2.75) is 43.6 Å². The van der Waals surface area contributed by atoms with E-state index in [0.717, 1.165) is 18.4 Å². The molecule has 1 aromatic carbocycles. The van der Waals surface area contributed by atoms with Gasteiger partial charge in [0.25, 0.3) is 10.1 Å². The van der Waals surface area contributed by atoms with Crippen LogP contribution in [0.4, 0.5) is 0 Å². The highest BCUT2D eigenvalue weighted by atomic mass is 32.2. The SMILES string of the molecule is Cc1ccc(S(=O)(=O)OCC2CCCC2(C)O)cc1. The van der Waals surface area contributed by atoms with Crippen molar-refractivity contribution in [3.8, 4) is 0 Å². The van der Waals surface area contributed by atoms with Gasteiger partial charge in [0, 0.05) is 5.92 Å². The van der Waals surface area contributed by atoms with Crippen molar-refractivity contribution >= 4 is 10.1 Å². The minimum atomic E-state index is -3.73. The number of rotatable bonds is 4. The predicted molar refractivity (Wildman–Crippen MR) is 72.3 cm³/mol. The molecular formula is C14H20O4S. The van der Waals surface area contributed by atoms with E-state index in [1.54, 1.807) is 19.1 Å². The molecule has 5 heteroatoms. The molecule has 2 unspecified atom stereocenters. The standard InChI is InChI=1S/C14H20O4S/c1-11-5-7-13(8-6-11)19(16,17)18-10-12-4-3-9-14(12,2)15/h5-8,12,15H,3-4,9-10H2,1-2H3. The average Bonchev–Trinajstić information content (AvgIpc) is 2.66. The summed E-state index contributed by atoms with van der Waals surface area (Å²) >= 11 is 0. The molecule has 19 heavy (non-hydrogen) atoms. The van der Waals surface area contributed by atoms with Crippen LogP contribution in [0.3, 0.4) is 0 Å². The lowest BCUT2D eigenvalue weighted by Crippen LogP contribution is -2.32. The van der Waals surface area contributed by atoms with Crippen LogP contribution in [0.25, 0.3) is 0 Å². The summed E-state index contributed by atoms with van der Waals surface area (Å²) in [6, 6.07) is 6.55. The maximum absolute atomic E-state index is 12.0. The largest absolute Gasteiger partial charge is 0.390 e. The lowest BCUT2D eigenvalue weighted by molar-refractivity contribution is 0.00378. The Morgan fingerprint density at radius 2 is 2.00 bits per heavy atom. The van der Waals surface area contributed by atoms with Gasteiger partial charge in [0.1, 0.15) is 0 Å². The van der Waals surface area contributed by atoms with Gasteiger partial charge in [-0.1, -0.05) is 24.1 Å². The van der Waals surface area contributed by atoms with Crippen molar-refractivity contribution in [1.82, 2.24) is 0 Å². The zero-order chi connectivity index (χ0) is 14.1. The summed E-state index contributed by atoms with van der Waals surface area (Å²) in [5, 5.41) is 10.1. The number of aliphatic hydroxyl groups is 1. The Morgan fingerprint density at radius 1 is 1.37 bits per heavy atom. The van der Waals surface area contributed by atoms with Crippen molar-refractivity contribution < 1.29 is 17.7 Å². The zero-order valence-corrected chi connectivity index (χ0v) is 12.1. The topological polar surface area (TPSA) is 63.6 Å². The van der Waals surface area contributed by atoms with E-state index in [2.05, 4.69) is 0 Å². The molecule has 0 heterocycles. The van der Waals surface area contributed by atoms with Crippen molar-refractivity contribution in [2.75, 3.05) is 6.61 Å². The quantitative estimate of drug-likeness (QED) is 0.861. The van der Waals surface area contributed by atoms with Gasteiger partial charge in [0.2, 0.25) is 0 Å². The van der Waals surface area contributed by atoms with Gasteiger partial charge in [0.15, 0.2) is 0 Å². The molecule has 1 saturated carbocycles. The van der Waals surface area contributed by atoms with Gasteiger partial charge in [-0.15, -0.1) is 0 Å². The van der Waals surface area contributed by atoms with Gasteiger partial charge in [-0.3, -0.25) is 4.18 Å². The molecule has 1 aliphatic carbocycles. The molecule has 0 spiro atoms. The van der Waals surface area contributed by atoms with Crippen molar-refractivity contribution in [3.05, 3.63) is 29.8 Å². The molecule has 1 aromatic rings. The predicted octanol–water partition coefficient (Wildman–Crippen LogP) is 2.25. The fourth-order valence-electron chi connectivity index (χ4n) is 2.43. The van der Waals surface area contributed by atoms with Crippen LogP contribution < -0.4 is 0 Å². The maximum atomic E-state index is 12.0. The third kappa shape index (κ3) is 3.35. The van der Waals surface area contributed by atoms with E-state index in [4.69, 9.17) is 4.18 Å². The van der Waals surface area contributed by atoms with Crippen LogP contribution in [-0.2, 0) is 14.3 Å². The molecule has 106 valence electrons. The van der Waals surface area contributed by atoms with E-state index in [1.165, 1.54) is 12.1 Å². The summed E-state index contributed by atoms with van der Waals surface area (Å²) in [4.78, 5) is 0.163. The van der Waals surface area contributed by atoms with E-state index in [-0.39, 0.29) is 17.4 Å². The Bertz CT molecular complexity index is 531. The monoisotopic (exact) mass is 284 g/mol. The molecule has 0 aliphatic heterocycles. The summed E-state index contributed by atoms with van der Waals surface area (Å²) in [7, 11) is -3.73. The zero-order valence-electron chi connectivity index (χ0n) is 11.3. The lowest BCUT2D eigenvalue weighted by Gasteiger charge is -2.24. The summed E-state index contributed by atoms with van der Waals surface area (Å²) < 4.78 is 29.1. The first kappa shape index (κ1) is 14.5. The molecule has 0 bridgehead atoms. The number of hydrogen-bond donors (Lipinski definition) is 1. The normalized spacial score (nSPS) is 27.6. The van der Waals surface area contributed by atoms with E-state index in [1.807, 2.05) is 6.92 Å². The van der Waals surface area contributed by atoms with Gasteiger partial charge in [0.05, 0.1) is 17.1 Å². The average molecular weight is 284 g/mol. The smallest absolute Gasteiger partial charge is 0.296 e. The van der Waals surface area contributed by atoms with Gasteiger partial charge in [-0.05, 0) is 38.8 Å². The highest BCUT2D eigenvalue weighted by Gasteiger charge is 2.37. The summed E-state index contributed by atoms with van der Waals surface area (Å²) in [6.45, 7) is 3.68. The van der Waals surface area contributed by atoms with Crippen LogP contribution in [0.1, 0.15) is 31.7 Å². The molecule has 1 aliphatic rings. The fourth-order valence-corrected chi connectivity index (χ4v) is 3.38. The Morgan fingerprint density at radius 3 is 2.53 bits per heavy atom. The van der Waals surface area contributed by atoms with Crippen LogP contribution in [-0.4, -0.2) is 25.7 Å². The van der Waals surface area contributed by atoms with E-state index < -0.39 is 15.7 Å². The van der Waals surface area contributed by atoms with Crippen LogP contribution in [0.15, 0.2) is 29.2 Å². The van der Waals surface area contributed by atoms with Crippen LogP contribution in [0, 0.1) is 12.8 Å². The van der Waals surface area contributed by atoms with Crippen molar-refractivity contribution in [1.29, 1.82) is 0 Å². The van der Waals surface area contributed by atoms with Gasteiger partial charge in [-0.2, -0.15) is 8.42 Å². The van der Waals surface area contributed by atoms with E-state index >= 15 is 0 Å². The van der Waals surface area contributed by atoms with E-state index in [0.29, 0.717) is 6.42 Å². The molecule has 1 fully saturated rings. The Hall–Kier alpha value is -0.910. The summed E-state index contributed by atoms with van der Waals surface area (Å²) in [5.74, 6) is -0.118. The Labute approximate surface area is 114 Å². The first-order valence-electron chi connectivity index (χ1n) is 6.50. The Balaban J connectivity index is 2.04. The summed E-state index contributed by atoms with van der Waals surface area (Å²) in [5.41, 5.74) is 0.181. The van der Waals surface area contributed by atoms with Gasteiger partial charge >= 0.3 is 0 Å². The maximum Gasteiger partial charge on any atom is 0.296 e. The molecule has 0 amide bonds. The minimum Gasteiger partial charge on any atom is -0.390 e. The number of benzene rings is 1. The molecule has 0 aromatic heterocycles. The van der Waals surface area contributed by atoms with Crippen LogP contribution >= 0.6 is 0 Å². The first-order chi connectivity index (χ1) is 8.81. The molecule has 2 atom stereocenters. The fraction of sp³-hybridized carbons (Fsp3) is 0.571. The minimum absolute atomic E-state index is 0.0449. The second-order valence-electron chi connectivity index (χ2n) is 5.50. The molecule has 2 rings (SSSR count). The highest BCUT2D eigenvalue weighted by molar-refractivity contribution is 7.86. The molecule has 4 nitrogen and oxygen atoms in total. The Kier molecular flexibility index (Phi) is 3.99.